The summed E-state index contributed by atoms with van der Waals surface area (Å²) in [5.74, 6) is 4.64. The molecule has 0 radical (unpaired) electrons. The number of amides is 2. The molecule has 0 spiro atoms. The third-order valence-electron chi connectivity index (χ3n) is 18.7. The number of alkyl carbamates (subject to hydrolysis) is 2. The molecule has 14 atom stereocenters. The van der Waals surface area contributed by atoms with E-state index >= 15 is 0 Å². The lowest BCUT2D eigenvalue weighted by Gasteiger charge is -2.39. The van der Waals surface area contributed by atoms with Crippen molar-refractivity contribution in [3.8, 4) is 0 Å². The number of halogens is 3. The van der Waals surface area contributed by atoms with Gasteiger partial charge in [0, 0.05) is 43.9 Å². The van der Waals surface area contributed by atoms with E-state index in [9.17, 15) is 65.4 Å². The fourth-order valence-electron chi connectivity index (χ4n) is 11.8. The maximum atomic E-state index is 11.6. The molecule has 120 heavy (non-hydrogen) atoms. The lowest BCUT2D eigenvalue weighted by Crippen LogP contribution is -2.54. The molecule has 5 saturated carbocycles. The molecule has 45 heteroatoms. The average Bonchev–Trinajstić information content (AvgIpc) is 0.842. The summed E-state index contributed by atoms with van der Waals surface area (Å²) in [5, 5.41) is 94.1. The minimum absolute atomic E-state index is 0. The van der Waals surface area contributed by atoms with Crippen LogP contribution in [0.4, 0.5) is 9.59 Å². The van der Waals surface area contributed by atoms with Gasteiger partial charge in [-0.05, 0) is 237 Å². The standard InChI is InChI=1S/C16H23NO4.C13H23NO2.3C8H16ClNO2.C8H13NO2.C7H12O.7CH4.7O2S/c1-12-7-8-16(20,14(18)9-12)11-17-15(19)21-10-13-5-3-2-4-6-13;1-10-5-7-11(8-6-10)9-14-12(15)16-13(2,3)4;3*1-6-2-3-8(12,5-10-9)7(11)4-6;1-7-2-4-8(5-3-7)6-9(10)11;1-6-2-4-7(8)5-3-6;;;;;;;;7*1-3-2/h2-6,12,14,18,20H,7-11H2,1H3,(H,17,19);7,10H,5-6,8-9H2,1-4H3,(H,14,15);3*6-7,10-12H,2-5H2,1H3;4,7H,2-3,5-6H2,1H3;6H,2-5H2,1H3;7*1H4;;;;;;;/t12?,14-,16-;;6?,7-,8-;2*6-,7-,8-;;;;;;;;;;;;;;;;/m1.110................/s1. The number of nitro groups is 1. The Kier molecular flexibility index (Phi) is 106. The zero-order valence-electron chi connectivity index (χ0n) is 65.5. The molecule has 0 bridgehead atoms. The molecule has 13 N–H and O–H groups in total. The Morgan fingerprint density at radius 2 is 0.733 bits per heavy atom. The number of allylic oxidation sites excluding steroid dienone is 2. The SMILES string of the molecule is C.C.C.C.C.C.C.CC1CC=C(CNC(=O)OC(C)(C)C)CC1.CC1CC=C(C[N+](=O)[O-])CC1.CC1CCC(=O)CC1.CC1CC[C@@](O)(CNC(=O)OCc2ccccc2)[C@H](O)C1.CC1CC[C@@](O)(CNCl)[C@H](O)C1.C[C@@H]1CC[C@@](O)(CNCl)[C@H](O)C1.C[C@H]1CC[C@](O)(CNCl)[C@@H](O)C1.O=S=O.O=S=O.O=S=O.O=S=O.O=S=O.O=S=O.O=S=O. The summed E-state index contributed by atoms with van der Waals surface area (Å²) in [6.45, 7) is 22.2. The van der Waals surface area contributed by atoms with Gasteiger partial charge in [-0.2, -0.15) is 58.9 Å². The maximum absolute atomic E-state index is 11.6. The summed E-state index contributed by atoms with van der Waals surface area (Å²) in [7, 11) is 0. The largest absolute Gasteiger partial charge is 0.445 e. The van der Waals surface area contributed by atoms with Crippen LogP contribution in [0.25, 0.3) is 0 Å². The maximum Gasteiger partial charge on any atom is 0.407 e. The van der Waals surface area contributed by atoms with Gasteiger partial charge in [-0.1, -0.05) is 149 Å². The van der Waals surface area contributed by atoms with Gasteiger partial charge in [-0.15, -0.1) is 0 Å². The van der Waals surface area contributed by atoms with Crippen LogP contribution in [-0.4, -0.2) is 214 Å². The zero-order valence-corrected chi connectivity index (χ0v) is 73.5. The summed E-state index contributed by atoms with van der Waals surface area (Å²) in [6.07, 6.45) is 19.6. The predicted molar refractivity (Wildman–Crippen MR) is 473 cm³/mol. The van der Waals surface area contributed by atoms with Crippen molar-refractivity contribution in [3.63, 3.8) is 0 Å². The fraction of sp³-hybridized carbons (Fsp3) is 0.827. The summed E-state index contributed by atoms with van der Waals surface area (Å²) < 4.78 is 126. The summed E-state index contributed by atoms with van der Waals surface area (Å²) >= 11 is 10.7. The molecular weight excluding hydrogens is 1780 g/mol. The Morgan fingerprint density at radius 3 is 0.983 bits per heavy atom. The van der Waals surface area contributed by atoms with Crippen LogP contribution < -0.4 is 25.1 Å². The lowest BCUT2D eigenvalue weighted by atomic mass is 9.77. The van der Waals surface area contributed by atoms with E-state index in [-0.39, 0.29) is 102 Å². The van der Waals surface area contributed by atoms with Gasteiger partial charge in [0.1, 0.15) is 40.4 Å². The topological polar surface area (TPSA) is 574 Å². The number of ether oxygens (including phenoxy) is 2. The third kappa shape index (κ3) is 79.4. The molecule has 0 saturated heterocycles. The normalized spacial score (nSPS) is 25.3. The van der Waals surface area contributed by atoms with Crippen LogP contribution in [0, 0.1) is 51.5 Å². The van der Waals surface area contributed by atoms with Crippen LogP contribution in [0.5, 0.6) is 0 Å². The first-order valence-electron chi connectivity index (χ1n) is 35.9. The van der Waals surface area contributed by atoms with Gasteiger partial charge in [0.2, 0.25) is 6.54 Å². The highest BCUT2D eigenvalue weighted by atomic mass is 35.5. The molecule has 5 fully saturated rings. The quantitative estimate of drug-likeness (QED) is 0.0356. The monoisotopic (exact) mass is 1920 g/mol. The number of aliphatic hydroxyl groups is 8. The van der Waals surface area contributed by atoms with E-state index in [1.54, 1.807) is 0 Å². The van der Waals surface area contributed by atoms with Crippen molar-refractivity contribution in [2.24, 2.45) is 41.4 Å². The average molecular weight is 1930 g/mol. The van der Waals surface area contributed by atoms with Crippen LogP contribution >= 0.6 is 35.3 Å². The Hall–Kier alpha value is -4.52. The second-order valence-electron chi connectivity index (χ2n) is 29.4. The second-order valence-corrected chi connectivity index (χ2v) is 31.1. The first-order chi connectivity index (χ1) is 53.0. The number of ketones is 1. The number of hydrogen-bond acceptors (Lipinski definition) is 32. The number of carbonyl (C=O) groups is 3. The number of Topliss-reactive ketones (excluding diaryl/α,β-unsaturated/α-hetero) is 1. The van der Waals surface area contributed by atoms with E-state index in [2.05, 4.69) is 72.8 Å². The van der Waals surface area contributed by atoms with Crippen LogP contribution in [0.1, 0.15) is 268 Å². The van der Waals surface area contributed by atoms with Gasteiger partial charge in [0.05, 0.1) is 31.0 Å². The summed E-state index contributed by atoms with van der Waals surface area (Å²) in [6, 6.07) is 9.38. The molecule has 8 rings (SSSR count). The number of carbonyl (C=O) groups excluding carboxylic acids is 3. The number of aliphatic hydroxyl groups excluding tert-OH is 4. The molecule has 2 amide bonds. The van der Waals surface area contributed by atoms with Crippen LogP contribution in [0.15, 0.2) is 53.6 Å². The molecule has 0 aromatic heterocycles. The highest BCUT2D eigenvalue weighted by molar-refractivity contribution is 7.52. The molecule has 35 nitrogen and oxygen atoms in total. The predicted octanol–water partition coefficient (Wildman–Crippen LogP) is 10.5. The van der Waals surface area contributed by atoms with Crippen molar-refractivity contribution in [1.82, 2.24) is 25.1 Å². The smallest absolute Gasteiger partial charge is 0.407 e. The molecule has 1 aromatic rings. The molecule has 4 unspecified atom stereocenters. The number of nitrogens with one attached hydrogen (secondary N) is 5. The summed E-state index contributed by atoms with van der Waals surface area (Å²) in [4.78, 5) is 50.7. The van der Waals surface area contributed by atoms with Crippen LogP contribution in [0.2, 0.25) is 0 Å². The van der Waals surface area contributed by atoms with Gasteiger partial charge >= 0.3 is 93.2 Å². The number of nitrogens with zero attached hydrogens (tertiary/aromatic N) is 1. The van der Waals surface area contributed by atoms with Gasteiger partial charge < -0.3 is 61.0 Å². The van der Waals surface area contributed by atoms with Gasteiger partial charge in [-0.3, -0.25) is 14.9 Å². The summed E-state index contributed by atoms with van der Waals surface area (Å²) in [5.41, 5.74) is -1.50. The van der Waals surface area contributed by atoms with E-state index in [1.807, 2.05) is 64.1 Å². The Balaban J connectivity index is -0.0000000974. The third-order valence-corrected chi connectivity index (χ3v) is 19.1. The van der Waals surface area contributed by atoms with Crippen molar-refractivity contribution >= 4 is 134 Å². The van der Waals surface area contributed by atoms with Crippen LogP contribution in [0.3, 0.4) is 0 Å². The minimum atomic E-state index is -1.25. The van der Waals surface area contributed by atoms with Crippen molar-refractivity contribution in [3.05, 3.63) is 69.3 Å². The second kappa shape index (κ2) is 87.9. The molecule has 7 aliphatic rings. The minimum Gasteiger partial charge on any atom is -0.445 e. The van der Waals surface area contributed by atoms with E-state index in [0.29, 0.717) is 93.3 Å². The van der Waals surface area contributed by atoms with Crippen molar-refractivity contribution in [1.29, 1.82) is 0 Å². The molecular formula is C75H147Cl3N6O29S7. The lowest BCUT2D eigenvalue weighted by molar-refractivity contribution is -0.471. The first kappa shape index (κ1) is 144. The number of hydrogen-bond donors (Lipinski definition) is 13. The van der Waals surface area contributed by atoms with Gasteiger partial charge in [0.25, 0.3) is 0 Å². The molecule has 1 aromatic carbocycles. The molecule has 714 valence electrons. The molecule has 7 aliphatic carbocycles. The Bertz CT molecular complexity index is 2890. The van der Waals surface area contributed by atoms with E-state index < -0.39 is 140 Å². The van der Waals surface area contributed by atoms with Crippen LogP contribution in [-0.2, 0) is 102 Å². The van der Waals surface area contributed by atoms with Gasteiger partial charge in [0.15, 0.2) is 0 Å². The molecule has 0 heterocycles. The van der Waals surface area contributed by atoms with E-state index in [1.165, 1.54) is 12.0 Å². The van der Waals surface area contributed by atoms with E-state index in [4.69, 9.17) is 104 Å². The van der Waals surface area contributed by atoms with Crippen molar-refractivity contribution in [2.45, 2.75) is 322 Å². The number of rotatable bonds is 14. The van der Waals surface area contributed by atoms with Crippen molar-refractivity contribution < 1.29 is 129 Å². The highest BCUT2D eigenvalue weighted by Crippen LogP contribution is 2.35. The molecule has 0 aliphatic heterocycles. The number of benzene rings is 1. The zero-order chi connectivity index (χ0) is 88.2. The van der Waals surface area contributed by atoms with E-state index in [0.717, 1.165) is 106 Å². The Morgan fingerprint density at radius 1 is 0.450 bits per heavy atom. The van der Waals surface area contributed by atoms with Crippen molar-refractivity contribution in [2.75, 3.05) is 39.3 Å². The Labute approximate surface area is 754 Å². The highest BCUT2D eigenvalue weighted by Gasteiger charge is 2.43. The first-order valence-corrected chi connectivity index (χ1v) is 41.7. The van der Waals surface area contributed by atoms with Gasteiger partial charge in [-0.25, -0.2) is 24.1 Å². The fourth-order valence-corrected chi connectivity index (χ4v) is 12.5.